The van der Waals surface area contributed by atoms with Crippen molar-refractivity contribution in [3.05, 3.63) is 0 Å². The van der Waals surface area contributed by atoms with Crippen LogP contribution in [0.25, 0.3) is 0 Å². The third-order valence-electron chi connectivity index (χ3n) is 2.17. The summed E-state index contributed by atoms with van der Waals surface area (Å²) in [5.41, 5.74) is 0. The Balaban J connectivity index is 4.05. The molecule has 0 aromatic heterocycles. The lowest BCUT2D eigenvalue weighted by molar-refractivity contribution is 0.571. The maximum Gasteiger partial charge on any atom is 0.0912 e. The summed E-state index contributed by atoms with van der Waals surface area (Å²) in [6.07, 6.45) is 2.37. The Morgan fingerprint density at radius 3 is 2.00 bits per heavy atom. The summed E-state index contributed by atoms with van der Waals surface area (Å²) >= 11 is 0. The monoisotopic (exact) mass is 217 g/mol. The van der Waals surface area contributed by atoms with Gasteiger partial charge in [-0.15, -0.1) is 0 Å². The third-order valence-corrected chi connectivity index (χ3v) is 5.29. The topological polar surface area (TPSA) is 64.9 Å². The Labute approximate surface area is 86.4 Å². The smallest absolute Gasteiger partial charge is 0.0912 e. The lowest BCUT2D eigenvalue weighted by atomic mass is 10.6. The number of hydrogen-bond donors (Lipinski definition) is 2. The van der Waals surface area contributed by atoms with Gasteiger partial charge in [-0.2, -0.15) is 5.26 Å². The van der Waals surface area contributed by atoms with Gasteiger partial charge in [-0.05, 0) is 14.1 Å². The molecule has 0 unspecified atom stereocenters. The summed E-state index contributed by atoms with van der Waals surface area (Å²) in [6.45, 7) is 1.54. The molecule has 0 saturated carbocycles. The minimum atomic E-state index is -2.12. The van der Waals surface area contributed by atoms with Crippen LogP contribution in [0.15, 0.2) is 0 Å². The van der Waals surface area contributed by atoms with Gasteiger partial charge < -0.3 is 15.2 Å². The maximum absolute atomic E-state index is 12.3. The first-order chi connectivity index (χ1) is 6.68. The summed E-state index contributed by atoms with van der Waals surface area (Å²) in [5.74, 6) is 0. The van der Waals surface area contributed by atoms with E-state index in [9.17, 15) is 4.57 Å². The van der Waals surface area contributed by atoms with E-state index in [0.29, 0.717) is 24.9 Å². The zero-order valence-corrected chi connectivity index (χ0v) is 9.94. The molecule has 0 aliphatic carbocycles. The molecule has 0 aromatic rings. The Morgan fingerprint density at radius 1 is 1.14 bits per heavy atom. The van der Waals surface area contributed by atoms with Crippen molar-refractivity contribution in [3.63, 3.8) is 0 Å². The van der Waals surface area contributed by atoms with Crippen molar-refractivity contribution in [2.75, 3.05) is 45.7 Å². The Kier molecular flexibility index (Phi) is 7.78. The van der Waals surface area contributed by atoms with E-state index in [1.807, 2.05) is 14.1 Å². The number of hydrogen-bond acceptors (Lipinski definition) is 4. The fraction of sp³-hybridized carbons (Fsp3) is 0.889. The van der Waals surface area contributed by atoms with Crippen molar-refractivity contribution < 1.29 is 4.57 Å². The molecule has 0 amide bonds. The number of nitriles is 1. The van der Waals surface area contributed by atoms with Crippen LogP contribution in [0, 0.1) is 11.3 Å². The van der Waals surface area contributed by atoms with Crippen LogP contribution in [0.5, 0.6) is 0 Å². The molecule has 14 heavy (non-hydrogen) atoms. The molecular weight excluding hydrogens is 197 g/mol. The van der Waals surface area contributed by atoms with Gasteiger partial charge in [0, 0.05) is 38.0 Å². The van der Waals surface area contributed by atoms with Gasteiger partial charge in [0.2, 0.25) is 0 Å². The summed E-state index contributed by atoms with van der Waals surface area (Å²) in [4.78, 5) is 0. The molecule has 82 valence electrons. The van der Waals surface area contributed by atoms with Crippen LogP contribution in [-0.4, -0.2) is 45.7 Å². The third kappa shape index (κ3) is 6.15. The fourth-order valence-electron chi connectivity index (χ4n) is 1.22. The highest BCUT2D eigenvalue weighted by molar-refractivity contribution is 7.64. The molecule has 0 aliphatic rings. The molecule has 0 fully saturated rings. The molecule has 0 bridgehead atoms. The maximum atomic E-state index is 12.3. The second kappa shape index (κ2) is 7.99. The van der Waals surface area contributed by atoms with Crippen LogP contribution in [-0.2, 0) is 4.57 Å². The molecule has 0 rings (SSSR count). The van der Waals surface area contributed by atoms with Gasteiger partial charge in [0.1, 0.15) is 0 Å². The van der Waals surface area contributed by atoms with Gasteiger partial charge in [0.15, 0.2) is 0 Å². The SMILES string of the molecule is CNCCP(=O)(CCC#N)CCNC. The van der Waals surface area contributed by atoms with Crippen LogP contribution in [0.4, 0.5) is 0 Å². The normalized spacial score (nSPS) is 11.2. The van der Waals surface area contributed by atoms with Crippen molar-refractivity contribution >= 4 is 7.14 Å². The average Bonchev–Trinajstić information content (AvgIpc) is 2.21. The predicted molar refractivity (Wildman–Crippen MR) is 60.3 cm³/mol. The molecule has 0 aliphatic heterocycles. The highest BCUT2D eigenvalue weighted by Crippen LogP contribution is 2.44. The first-order valence-electron chi connectivity index (χ1n) is 4.92. The number of rotatable bonds is 8. The van der Waals surface area contributed by atoms with Crippen LogP contribution in [0.3, 0.4) is 0 Å². The van der Waals surface area contributed by atoms with Gasteiger partial charge in [-0.25, -0.2) is 0 Å². The molecular formula is C9H20N3OP. The minimum absolute atomic E-state index is 0.407. The van der Waals surface area contributed by atoms with Crippen molar-refractivity contribution in [1.29, 1.82) is 5.26 Å². The van der Waals surface area contributed by atoms with Gasteiger partial charge in [0.05, 0.1) is 13.2 Å². The molecule has 0 spiro atoms. The lowest BCUT2D eigenvalue weighted by Crippen LogP contribution is -2.19. The first kappa shape index (κ1) is 13.6. The molecule has 0 heterocycles. The Hall–Kier alpha value is -0.360. The van der Waals surface area contributed by atoms with E-state index in [0.717, 1.165) is 13.1 Å². The lowest BCUT2D eigenvalue weighted by Gasteiger charge is -2.16. The van der Waals surface area contributed by atoms with Crippen molar-refractivity contribution in [1.82, 2.24) is 10.6 Å². The second-order valence-electron chi connectivity index (χ2n) is 3.34. The summed E-state index contributed by atoms with van der Waals surface area (Å²) in [5, 5.41) is 14.5. The minimum Gasteiger partial charge on any atom is -0.323 e. The first-order valence-corrected chi connectivity index (χ1v) is 7.18. The van der Waals surface area contributed by atoms with Crippen LogP contribution in [0.1, 0.15) is 6.42 Å². The van der Waals surface area contributed by atoms with Crippen LogP contribution < -0.4 is 10.6 Å². The van der Waals surface area contributed by atoms with Crippen molar-refractivity contribution in [2.45, 2.75) is 6.42 Å². The van der Waals surface area contributed by atoms with Gasteiger partial charge >= 0.3 is 0 Å². The van der Waals surface area contributed by atoms with Gasteiger partial charge in [0.25, 0.3) is 0 Å². The highest BCUT2D eigenvalue weighted by Gasteiger charge is 2.19. The average molecular weight is 217 g/mol. The van der Waals surface area contributed by atoms with E-state index < -0.39 is 7.14 Å². The summed E-state index contributed by atoms with van der Waals surface area (Å²) in [6, 6.07) is 2.06. The second-order valence-corrected chi connectivity index (χ2v) is 6.80. The predicted octanol–water partition coefficient (Wildman–Crippen LogP) is 0.702. The van der Waals surface area contributed by atoms with Crippen LogP contribution in [0.2, 0.25) is 0 Å². The van der Waals surface area contributed by atoms with Gasteiger partial charge in [-0.3, -0.25) is 0 Å². The largest absolute Gasteiger partial charge is 0.323 e. The number of nitrogens with zero attached hydrogens (tertiary/aromatic N) is 1. The zero-order valence-electron chi connectivity index (χ0n) is 9.05. The summed E-state index contributed by atoms with van der Waals surface area (Å²) < 4.78 is 12.3. The van der Waals surface area contributed by atoms with E-state index in [2.05, 4.69) is 16.7 Å². The molecule has 4 nitrogen and oxygen atoms in total. The fourth-order valence-corrected chi connectivity index (χ4v) is 3.66. The quantitative estimate of drug-likeness (QED) is 0.587. The zero-order chi connectivity index (χ0) is 10.9. The van der Waals surface area contributed by atoms with E-state index in [4.69, 9.17) is 5.26 Å². The van der Waals surface area contributed by atoms with Crippen molar-refractivity contribution in [2.24, 2.45) is 0 Å². The van der Waals surface area contributed by atoms with E-state index >= 15 is 0 Å². The molecule has 2 N–H and O–H groups in total. The van der Waals surface area contributed by atoms with Gasteiger partial charge in [-0.1, -0.05) is 0 Å². The van der Waals surface area contributed by atoms with E-state index in [1.165, 1.54) is 0 Å². The Morgan fingerprint density at radius 2 is 1.64 bits per heavy atom. The van der Waals surface area contributed by atoms with E-state index in [1.54, 1.807) is 0 Å². The highest BCUT2D eigenvalue weighted by atomic mass is 31.2. The van der Waals surface area contributed by atoms with Crippen LogP contribution >= 0.6 is 7.14 Å². The molecule has 0 atom stereocenters. The summed E-state index contributed by atoms with van der Waals surface area (Å²) in [7, 11) is 1.59. The Bertz CT molecular complexity index is 213. The standard InChI is InChI=1S/C9H20N3OP/c1-11-5-8-14(13,7-3-4-10)9-6-12-2/h11-12H,3,5-9H2,1-2H3. The molecule has 0 aromatic carbocycles. The van der Waals surface area contributed by atoms with Crippen molar-refractivity contribution in [3.8, 4) is 6.07 Å². The number of nitrogens with one attached hydrogen (secondary N) is 2. The molecule has 0 saturated heterocycles. The van der Waals surface area contributed by atoms with E-state index in [-0.39, 0.29) is 0 Å². The molecule has 0 radical (unpaired) electrons. The molecule has 5 heteroatoms.